The smallest absolute Gasteiger partial charge is 0.259 e. The summed E-state index contributed by atoms with van der Waals surface area (Å²) in [6.07, 6.45) is 3.16. The largest absolute Gasteiger partial charge is 0.495 e. The van der Waals surface area contributed by atoms with Crippen molar-refractivity contribution in [2.45, 2.75) is 25.7 Å². The summed E-state index contributed by atoms with van der Waals surface area (Å²) in [5.74, 6) is 1.21. The Hall–Kier alpha value is -3.00. The van der Waals surface area contributed by atoms with Crippen molar-refractivity contribution in [3.63, 3.8) is 0 Å². The molecule has 2 aromatic rings. The molecule has 1 aromatic heterocycles. The Balaban J connectivity index is 1.66. The zero-order valence-electron chi connectivity index (χ0n) is 17.0. The maximum atomic E-state index is 12.7. The summed E-state index contributed by atoms with van der Waals surface area (Å²) < 4.78 is 10.2. The van der Waals surface area contributed by atoms with Crippen LogP contribution in [-0.4, -0.2) is 60.6 Å². The minimum absolute atomic E-state index is 0.00593. The van der Waals surface area contributed by atoms with Gasteiger partial charge in [-0.2, -0.15) is 0 Å². The minimum Gasteiger partial charge on any atom is -0.495 e. The standard InChI is InChI=1S/C21H26N4O4/c1-14-16(21(27)24-17-6-4-5-7-18(17)29-3)12-22-20(23-14)15-8-10-25(11-9-15)19(26)13-28-2/h4-7,12,15H,8-11,13H2,1-3H3,(H,24,27). The number of nitrogens with one attached hydrogen (secondary N) is 1. The van der Waals surface area contributed by atoms with Crippen LogP contribution < -0.4 is 10.1 Å². The molecule has 0 saturated carbocycles. The van der Waals surface area contributed by atoms with Gasteiger partial charge in [0.15, 0.2) is 0 Å². The summed E-state index contributed by atoms with van der Waals surface area (Å²) in [4.78, 5) is 35.4. The molecule has 3 rings (SSSR count). The van der Waals surface area contributed by atoms with E-state index < -0.39 is 0 Å². The lowest BCUT2D eigenvalue weighted by molar-refractivity contribution is -0.136. The van der Waals surface area contributed by atoms with Crippen molar-refractivity contribution in [3.8, 4) is 5.75 Å². The molecule has 1 aromatic carbocycles. The number of hydrogen-bond donors (Lipinski definition) is 1. The molecular weight excluding hydrogens is 372 g/mol. The first-order valence-corrected chi connectivity index (χ1v) is 9.58. The molecule has 8 nitrogen and oxygen atoms in total. The number of nitrogens with zero attached hydrogens (tertiary/aromatic N) is 3. The second kappa shape index (κ2) is 9.47. The van der Waals surface area contributed by atoms with Crippen LogP contribution in [0.15, 0.2) is 30.5 Å². The molecule has 29 heavy (non-hydrogen) atoms. The van der Waals surface area contributed by atoms with Gasteiger partial charge in [-0.05, 0) is 31.9 Å². The third-order valence-corrected chi connectivity index (χ3v) is 5.08. The van der Waals surface area contributed by atoms with Crippen LogP contribution >= 0.6 is 0 Å². The van der Waals surface area contributed by atoms with Crippen molar-refractivity contribution >= 4 is 17.5 Å². The lowest BCUT2D eigenvalue weighted by Gasteiger charge is -2.31. The van der Waals surface area contributed by atoms with Crippen LogP contribution in [0.2, 0.25) is 0 Å². The molecule has 1 N–H and O–H groups in total. The molecule has 2 heterocycles. The highest BCUT2D eigenvalue weighted by molar-refractivity contribution is 6.05. The molecule has 0 spiro atoms. The second-order valence-electron chi connectivity index (χ2n) is 6.97. The number of benzene rings is 1. The van der Waals surface area contributed by atoms with Gasteiger partial charge in [0.2, 0.25) is 5.91 Å². The molecule has 1 fully saturated rings. The number of likely N-dealkylation sites (tertiary alicyclic amines) is 1. The SMILES string of the molecule is COCC(=O)N1CCC(c2ncc(C(=O)Nc3ccccc3OC)c(C)n2)CC1. The first-order chi connectivity index (χ1) is 14.0. The predicted molar refractivity (Wildman–Crippen MR) is 108 cm³/mol. The molecule has 0 unspecified atom stereocenters. The number of aromatic nitrogens is 2. The normalized spacial score (nSPS) is 14.5. The van der Waals surface area contributed by atoms with E-state index in [4.69, 9.17) is 9.47 Å². The summed E-state index contributed by atoms with van der Waals surface area (Å²) in [6.45, 7) is 3.23. The zero-order valence-corrected chi connectivity index (χ0v) is 17.0. The molecule has 154 valence electrons. The Morgan fingerprint density at radius 2 is 1.93 bits per heavy atom. The Bertz CT molecular complexity index is 879. The van der Waals surface area contributed by atoms with Crippen LogP contribution in [0.4, 0.5) is 5.69 Å². The highest BCUT2D eigenvalue weighted by Crippen LogP contribution is 2.27. The summed E-state index contributed by atoms with van der Waals surface area (Å²) in [5.41, 5.74) is 1.64. The van der Waals surface area contributed by atoms with Crippen molar-refractivity contribution in [2.75, 3.05) is 39.2 Å². The Morgan fingerprint density at radius 1 is 1.21 bits per heavy atom. The number of piperidine rings is 1. The van der Waals surface area contributed by atoms with E-state index in [1.165, 1.54) is 7.11 Å². The van der Waals surface area contributed by atoms with Crippen LogP contribution in [0.25, 0.3) is 0 Å². The fourth-order valence-electron chi connectivity index (χ4n) is 3.44. The van der Waals surface area contributed by atoms with Gasteiger partial charge >= 0.3 is 0 Å². The van der Waals surface area contributed by atoms with Gasteiger partial charge < -0.3 is 19.7 Å². The molecule has 0 aliphatic carbocycles. The predicted octanol–water partition coefficient (Wildman–Crippen LogP) is 2.40. The summed E-state index contributed by atoms with van der Waals surface area (Å²) in [7, 11) is 3.08. The number of carbonyl (C=O) groups is 2. The zero-order chi connectivity index (χ0) is 20.8. The fourth-order valence-corrected chi connectivity index (χ4v) is 3.44. The molecule has 1 aliphatic rings. The second-order valence-corrected chi connectivity index (χ2v) is 6.97. The molecule has 0 bridgehead atoms. The van der Waals surface area contributed by atoms with E-state index in [2.05, 4.69) is 15.3 Å². The molecule has 8 heteroatoms. The number of hydrogen-bond acceptors (Lipinski definition) is 6. The van der Waals surface area contributed by atoms with Gasteiger partial charge in [0.25, 0.3) is 5.91 Å². The molecule has 0 atom stereocenters. The van der Waals surface area contributed by atoms with E-state index in [1.807, 2.05) is 17.0 Å². The van der Waals surface area contributed by atoms with Gasteiger partial charge in [0.05, 0.1) is 24.1 Å². The van der Waals surface area contributed by atoms with Crippen molar-refractivity contribution in [3.05, 3.63) is 47.5 Å². The van der Waals surface area contributed by atoms with Gasteiger partial charge in [-0.25, -0.2) is 9.97 Å². The highest BCUT2D eigenvalue weighted by Gasteiger charge is 2.26. The number of ether oxygens (including phenoxy) is 2. The number of anilines is 1. The van der Waals surface area contributed by atoms with Gasteiger partial charge in [-0.1, -0.05) is 12.1 Å². The van der Waals surface area contributed by atoms with Crippen LogP contribution in [0, 0.1) is 6.92 Å². The summed E-state index contributed by atoms with van der Waals surface area (Å²) >= 11 is 0. The van der Waals surface area contributed by atoms with Crippen LogP contribution in [0.1, 0.15) is 40.6 Å². The number of aryl methyl sites for hydroxylation is 1. The number of para-hydroxylation sites is 2. The van der Waals surface area contributed by atoms with Crippen molar-refractivity contribution in [1.82, 2.24) is 14.9 Å². The first-order valence-electron chi connectivity index (χ1n) is 9.58. The summed E-state index contributed by atoms with van der Waals surface area (Å²) in [5, 5.41) is 2.85. The van der Waals surface area contributed by atoms with Crippen molar-refractivity contribution in [2.24, 2.45) is 0 Å². The molecular formula is C21H26N4O4. The van der Waals surface area contributed by atoms with Gasteiger partial charge in [0.1, 0.15) is 18.2 Å². The maximum Gasteiger partial charge on any atom is 0.259 e. The molecule has 1 saturated heterocycles. The number of rotatable bonds is 6. The number of carbonyl (C=O) groups excluding carboxylic acids is 2. The van der Waals surface area contributed by atoms with E-state index in [0.717, 1.165) is 18.7 Å². The maximum absolute atomic E-state index is 12.7. The lowest BCUT2D eigenvalue weighted by atomic mass is 9.95. The number of amides is 2. The lowest BCUT2D eigenvalue weighted by Crippen LogP contribution is -2.40. The van der Waals surface area contributed by atoms with Crippen LogP contribution in [0.5, 0.6) is 5.75 Å². The minimum atomic E-state index is -0.279. The van der Waals surface area contributed by atoms with E-state index >= 15 is 0 Å². The highest BCUT2D eigenvalue weighted by atomic mass is 16.5. The van der Waals surface area contributed by atoms with E-state index in [9.17, 15) is 9.59 Å². The Labute approximate surface area is 170 Å². The fraction of sp³-hybridized carbons (Fsp3) is 0.429. The van der Waals surface area contributed by atoms with Crippen molar-refractivity contribution < 1.29 is 19.1 Å². The third-order valence-electron chi connectivity index (χ3n) is 5.08. The third kappa shape index (κ3) is 4.89. The van der Waals surface area contributed by atoms with E-state index in [1.54, 1.807) is 32.4 Å². The van der Waals surface area contributed by atoms with Crippen LogP contribution in [0.3, 0.4) is 0 Å². The Kier molecular flexibility index (Phi) is 6.77. The number of methoxy groups -OCH3 is 2. The first kappa shape index (κ1) is 20.7. The van der Waals surface area contributed by atoms with Crippen LogP contribution in [-0.2, 0) is 9.53 Å². The van der Waals surface area contributed by atoms with E-state index in [0.29, 0.717) is 35.8 Å². The van der Waals surface area contributed by atoms with Gasteiger partial charge in [-0.3, -0.25) is 9.59 Å². The average molecular weight is 398 g/mol. The Morgan fingerprint density at radius 3 is 2.59 bits per heavy atom. The van der Waals surface area contributed by atoms with Gasteiger partial charge in [0, 0.05) is 32.3 Å². The van der Waals surface area contributed by atoms with E-state index in [-0.39, 0.29) is 24.3 Å². The average Bonchev–Trinajstić information content (AvgIpc) is 2.74. The molecule has 1 aliphatic heterocycles. The van der Waals surface area contributed by atoms with Gasteiger partial charge in [-0.15, -0.1) is 0 Å². The molecule has 0 radical (unpaired) electrons. The summed E-state index contributed by atoms with van der Waals surface area (Å²) in [6, 6.07) is 7.23. The molecule has 2 amide bonds. The quantitative estimate of drug-likeness (QED) is 0.803. The van der Waals surface area contributed by atoms with Crippen molar-refractivity contribution in [1.29, 1.82) is 0 Å². The topological polar surface area (TPSA) is 93.7 Å². The monoisotopic (exact) mass is 398 g/mol.